The minimum Gasteiger partial charge on any atom is -1.00 e. The van der Waals surface area contributed by atoms with Crippen LogP contribution >= 0.6 is 15.8 Å². The molecule has 2 fully saturated rings. The Hall–Kier alpha value is -0.0169. The molecule has 0 heterocycles. The first-order valence-corrected chi connectivity index (χ1v) is 19.5. The first-order chi connectivity index (χ1) is 19.5. The molecule has 0 aliphatic heterocycles. The van der Waals surface area contributed by atoms with E-state index >= 15 is 0 Å². The predicted octanol–water partition coefficient (Wildman–Crippen LogP) is 5.31. The largest absolute Gasteiger partial charge is 4.00 e. The normalized spacial score (nSPS) is 16.2. The first-order valence-electron chi connectivity index (χ1n) is 16.3. The summed E-state index contributed by atoms with van der Waals surface area (Å²) in [5.74, 6) is 1.60. The van der Waals surface area contributed by atoms with E-state index in [9.17, 15) is 0 Å². The van der Waals surface area contributed by atoms with Crippen molar-refractivity contribution in [1.82, 2.24) is 0 Å². The summed E-state index contributed by atoms with van der Waals surface area (Å²) in [4.78, 5) is 0. The third-order valence-corrected chi connectivity index (χ3v) is 15.8. The van der Waals surface area contributed by atoms with E-state index in [-0.39, 0.29) is 66.9 Å². The zero-order valence-corrected chi connectivity index (χ0v) is 32.6. The number of benzene rings is 2. The number of rotatable bonds is 8. The van der Waals surface area contributed by atoms with Crippen molar-refractivity contribution in [3.8, 4) is 0 Å². The maximum Gasteiger partial charge on any atom is 4.00 e. The Balaban J connectivity index is 0.000000286. The van der Waals surface area contributed by atoms with Crippen LogP contribution in [0.5, 0.6) is 0 Å². The average molecular weight is 733 g/mol. The number of fused-ring (bicyclic) bond motifs is 2. The third-order valence-electron chi connectivity index (χ3n) is 8.98. The van der Waals surface area contributed by atoms with Crippen LogP contribution < -0.4 is 35.4 Å². The fourth-order valence-electron chi connectivity index (χ4n) is 7.20. The van der Waals surface area contributed by atoms with Crippen LogP contribution in [-0.4, -0.2) is 23.6 Å². The van der Waals surface area contributed by atoms with Gasteiger partial charge in [-0.05, 0) is 61.2 Å². The average Bonchev–Trinajstić information content (AvgIpc) is 3.58. The summed E-state index contributed by atoms with van der Waals surface area (Å²) in [5, 5.41) is 9.09. The van der Waals surface area contributed by atoms with Crippen LogP contribution in [0.25, 0.3) is 21.5 Å². The van der Waals surface area contributed by atoms with Gasteiger partial charge in [0, 0.05) is 0 Å². The maximum absolute atomic E-state index is 2.55. The molecule has 0 amide bonds. The molecule has 0 saturated heterocycles. The zero-order chi connectivity index (χ0) is 27.9. The van der Waals surface area contributed by atoms with E-state index in [0.717, 1.165) is 23.2 Å². The summed E-state index contributed by atoms with van der Waals surface area (Å²) in [6.07, 6.45) is 17.6. The van der Waals surface area contributed by atoms with Crippen LogP contribution in [0.1, 0.15) is 91.9 Å². The molecule has 5 heteroatoms. The Bertz CT molecular complexity index is 1220. The molecule has 0 aromatic heterocycles. The SMILES string of the molecule is CC(C)CP(CC(C)C)c1cc2ccccc2[cH-]1.[Cl-].[Cl-].[Zr+4].c1ccc2[cH-]c(P(C3CCCCC3)C3CCCCC3)cc2c1. The molecule has 4 aromatic rings. The molecule has 0 nitrogen and oxygen atoms in total. The van der Waals surface area contributed by atoms with Crippen LogP contribution in [-0.2, 0) is 26.2 Å². The van der Waals surface area contributed by atoms with Gasteiger partial charge in [0.15, 0.2) is 0 Å². The topological polar surface area (TPSA) is 0 Å². The summed E-state index contributed by atoms with van der Waals surface area (Å²) in [6.45, 7) is 9.38. The van der Waals surface area contributed by atoms with Crippen molar-refractivity contribution in [2.45, 2.75) is 103 Å². The van der Waals surface area contributed by atoms with Gasteiger partial charge in [0.2, 0.25) is 0 Å². The van der Waals surface area contributed by atoms with Crippen molar-refractivity contribution in [2.24, 2.45) is 11.8 Å². The van der Waals surface area contributed by atoms with Gasteiger partial charge < -0.3 is 24.8 Å². The molecule has 0 spiro atoms. The molecular formula is C38H52Cl2P2Zr. The third kappa shape index (κ3) is 11.0. The molecule has 2 saturated carbocycles. The van der Waals surface area contributed by atoms with E-state index in [1.165, 1.54) is 98.1 Å². The van der Waals surface area contributed by atoms with Crippen molar-refractivity contribution in [3.63, 3.8) is 0 Å². The first kappa shape index (κ1) is 39.2. The van der Waals surface area contributed by atoms with E-state index < -0.39 is 0 Å². The van der Waals surface area contributed by atoms with E-state index in [4.69, 9.17) is 0 Å². The Morgan fingerprint density at radius 3 is 1.42 bits per heavy atom. The minimum atomic E-state index is 0. The molecule has 4 aromatic carbocycles. The van der Waals surface area contributed by atoms with E-state index in [1.807, 2.05) is 0 Å². The van der Waals surface area contributed by atoms with E-state index in [0.29, 0.717) is 0 Å². The second-order valence-corrected chi connectivity index (χ2v) is 18.5. The summed E-state index contributed by atoms with van der Waals surface area (Å²) < 4.78 is 0. The van der Waals surface area contributed by atoms with Crippen molar-refractivity contribution in [3.05, 3.63) is 72.8 Å². The molecular weight excluding hydrogens is 680 g/mol. The summed E-state index contributed by atoms with van der Waals surface area (Å²) >= 11 is 0. The molecule has 0 radical (unpaired) electrons. The number of hydrogen-bond donors (Lipinski definition) is 0. The zero-order valence-electron chi connectivity index (χ0n) is 26.9. The Morgan fingerprint density at radius 1 is 0.605 bits per heavy atom. The van der Waals surface area contributed by atoms with Gasteiger partial charge >= 0.3 is 26.2 Å². The standard InChI is InChI=1S/C21H28P.C17H24P.2ClH.Zr/c1-3-11-19(12-4-1)22(20-13-5-2-6-14-20)21-15-17-9-7-8-10-18(17)16-21;1-13(2)11-18(12-14(3)4)17-9-15-7-5-6-8-16(15)10-17;;;/h7-10,15-16,19-20H,1-6,11-14H2;5-10,13-14H,11-12H2,1-4H3;2*1H;/q2*-1;;;+4/p-2. The molecule has 2 aliphatic rings. The van der Waals surface area contributed by atoms with Crippen LogP contribution in [0.4, 0.5) is 0 Å². The van der Waals surface area contributed by atoms with Gasteiger partial charge in [0.1, 0.15) is 0 Å². The van der Waals surface area contributed by atoms with E-state index in [2.05, 4.69) is 100 Å². The van der Waals surface area contributed by atoms with Gasteiger partial charge in [-0.2, -0.15) is 12.1 Å². The minimum absolute atomic E-state index is 0. The summed E-state index contributed by atoms with van der Waals surface area (Å²) in [6, 6.07) is 27.7. The van der Waals surface area contributed by atoms with E-state index in [1.54, 1.807) is 10.6 Å². The van der Waals surface area contributed by atoms with Crippen LogP contribution in [0, 0.1) is 11.8 Å². The quantitative estimate of drug-likeness (QED) is 0.170. The Kier molecular flexibility index (Phi) is 17.8. The van der Waals surface area contributed by atoms with Crippen molar-refractivity contribution in [2.75, 3.05) is 12.3 Å². The van der Waals surface area contributed by atoms with Crippen LogP contribution in [0.15, 0.2) is 72.8 Å². The maximum atomic E-state index is 2.55. The van der Waals surface area contributed by atoms with Crippen molar-refractivity contribution in [1.29, 1.82) is 0 Å². The Labute approximate surface area is 297 Å². The smallest absolute Gasteiger partial charge is 1.00 e. The van der Waals surface area contributed by atoms with Gasteiger partial charge in [0.25, 0.3) is 0 Å². The van der Waals surface area contributed by atoms with Gasteiger partial charge in [0.05, 0.1) is 0 Å². The van der Waals surface area contributed by atoms with Crippen molar-refractivity contribution < 1.29 is 51.0 Å². The molecule has 232 valence electrons. The van der Waals surface area contributed by atoms with Gasteiger partial charge in [-0.15, -0.1) is 80.7 Å². The predicted molar refractivity (Wildman–Crippen MR) is 185 cm³/mol. The molecule has 0 atom stereocenters. The van der Waals surface area contributed by atoms with Gasteiger partial charge in [-0.25, -0.2) is 0 Å². The fourth-order valence-corrected chi connectivity index (χ4v) is 14.0. The molecule has 0 N–H and O–H groups in total. The monoisotopic (exact) mass is 730 g/mol. The molecule has 0 bridgehead atoms. The molecule has 2 aliphatic carbocycles. The Morgan fingerprint density at radius 2 is 1.00 bits per heavy atom. The second kappa shape index (κ2) is 19.6. The van der Waals surface area contributed by atoms with Crippen LogP contribution in [0.2, 0.25) is 0 Å². The summed E-state index contributed by atoms with van der Waals surface area (Å²) in [7, 11) is 0.0796. The van der Waals surface area contributed by atoms with Crippen LogP contribution in [0.3, 0.4) is 0 Å². The number of hydrogen-bond acceptors (Lipinski definition) is 0. The second-order valence-electron chi connectivity index (χ2n) is 13.4. The molecule has 43 heavy (non-hydrogen) atoms. The van der Waals surface area contributed by atoms with Gasteiger partial charge in [-0.1, -0.05) is 94.2 Å². The van der Waals surface area contributed by atoms with Gasteiger partial charge in [-0.3, -0.25) is 0 Å². The molecule has 0 unspecified atom stereocenters. The molecule has 6 rings (SSSR count). The summed E-state index contributed by atoms with van der Waals surface area (Å²) in [5.41, 5.74) is 2.03. The fraction of sp³-hybridized carbons (Fsp3) is 0.526. The van der Waals surface area contributed by atoms with Crippen molar-refractivity contribution >= 4 is 48.0 Å². The number of halogens is 2.